The second-order valence-electron chi connectivity index (χ2n) is 9.75. The summed E-state index contributed by atoms with van der Waals surface area (Å²) in [6.45, 7) is 5.85. The van der Waals surface area contributed by atoms with Gasteiger partial charge in [-0.1, -0.05) is 23.4 Å². The third-order valence-corrected chi connectivity index (χ3v) is 7.38. The first kappa shape index (κ1) is 24.7. The number of nitrogens with one attached hydrogen (secondary N) is 2. The first-order valence-electron chi connectivity index (χ1n) is 12.8. The van der Waals surface area contributed by atoms with Gasteiger partial charge in [-0.2, -0.15) is 0 Å². The van der Waals surface area contributed by atoms with Gasteiger partial charge in [-0.25, -0.2) is 4.39 Å². The summed E-state index contributed by atoms with van der Waals surface area (Å²) >= 11 is 0. The van der Waals surface area contributed by atoms with Crippen LogP contribution in [0.4, 0.5) is 21.5 Å². The predicted molar refractivity (Wildman–Crippen MR) is 145 cm³/mol. The van der Waals surface area contributed by atoms with Gasteiger partial charge in [0.1, 0.15) is 17.1 Å². The number of benzene rings is 2. The van der Waals surface area contributed by atoms with Crippen LogP contribution in [0.2, 0.25) is 0 Å². The highest BCUT2D eigenvalue weighted by atomic mass is 19.1. The summed E-state index contributed by atoms with van der Waals surface area (Å²) < 4.78 is 20.3. The van der Waals surface area contributed by atoms with Gasteiger partial charge >= 0.3 is 0 Å². The molecule has 2 aromatic heterocycles. The van der Waals surface area contributed by atoms with E-state index < -0.39 is 11.7 Å². The van der Waals surface area contributed by atoms with Crippen LogP contribution in [0.3, 0.4) is 0 Å². The van der Waals surface area contributed by atoms with Gasteiger partial charge in [0.05, 0.1) is 17.4 Å². The normalized spacial score (nSPS) is 17.2. The maximum atomic E-state index is 15.2. The van der Waals surface area contributed by atoms with Crippen molar-refractivity contribution in [1.82, 2.24) is 15.0 Å². The van der Waals surface area contributed by atoms with Gasteiger partial charge in [-0.05, 0) is 49.7 Å². The zero-order valence-corrected chi connectivity index (χ0v) is 21.6. The average molecular weight is 527 g/mol. The summed E-state index contributed by atoms with van der Waals surface area (Å²) in [6, 6.07) is 14.0. The number of carbonyl (C=O) groups is 2. The number of aromatic nitrogens is 2. The number of piperazine rings is 1. The number of nitrogens with zero attached hydrogens (tertiary/aromatic N) is 4. The third-order valence-electron chi connectivity index (χ3n) is 7.38. The molecule has 0 spiro atoms. The molecule has 2 amide bonds. The van der Waals surface area contributed by atoms with E-state index in [-0.39, 0.29) is 11.9 Å². The summed E-state index contributed by atoms with van der Waals surface area (Å²) in [5.74, 6) is -0.528. The molecule has 1 atom stereocenters. The Kier molecular flexibility index (Phi) is 6.32. The molecular formula is C29H27FN6O3. The van der Waals surface area contributed by atoms with E-state index in [1.54, 1.807) is 32.2 Å². The number of anilines is 3. The lowest BCUT2D eigenvalue weighted by Crippen LogP contribution is -2.48. The van der Waals surface area contributed by atoms with Gasteiger partial charge in [0, 0.05) is 61.1 Å². The minimum absolute atomic E-state index is 0.136. The first-order chi connectivity index (χ1) is 18.9. The molecule has 6 rings (SSSR count). The van der Waals surface area contributed by atoms with Crippen molar-refractivity contribution in [3.63, 3.8) is 0 Å². The molecule has 1 saturated heterocycles. The molecule has 10 heteroatoms. The third kappa shape index (κ3) is 4.52. The molecule has 0 aliphatic carbocycles. The topological polar surface area (TPSA) is 104 Å². The number of fused-ring (bicyclic) bond motifs is 2. The zero-order chi connectivity index (χ0) is 27.1. The largest absolute Gasteiger partial charge is 0.367 e. The Balaban J connectivity index is 1.20. The van der Waals surface area contributed by atoms with Crippen molar-refractivity contribution in [2.75, 3.05) is 41.7 Å². The lowest BCUT2D eigenvalue weighted by Gasteiger charge is -2.40. The Hall–Kier alpha value is -4.57. The highest BCUT2D eigenvalue weighted by Crippen LogP contribution is 2.38. The molecule has 39 heavy (non-hydrogen) atoms. The Morgan fingerprint density at radius 1 is 1.08 bits per heavy atom. The van der Waals surface area contributed by atoms with E-state index >= 15 is 4.39 Å². The number of pyridine rings is 1. The highest BCUT2D eigenvalue weighted by Gasteiger charge is 2.34. The molecule has 4 heterocycles. The Morgan fingerprint density at radius 2 is 1.87 bits per heavy atom. The Bertz CT molecular complexity index is 1560. The van der Waals surface area contributed by atoms with Crippen molar-refractivity contribution in [2.24, 2.45) is 0 Å². The van der Waals surface area contributed by atoms with E-state index in [0.29, 0.717) is 60.1 Å². The summed E-state index contributed by atoms with van der Waals surface area (Å²) in [4.78, 5) is 34.2. The molecule has 198 valence electrons. The van der Waals surface area contributed by atoms with E-state index in [0.717, 1.165) is 16.8 Å². The van der Waals surface area contributed by atoms with Crippen LogP contribution in [-0.2, 0) is 0 Å². The molecule has 0 saturated carbocycles. The van der Waals surface area contributed by atoms with Crippen molar-refractivity contribution in [3.05, 3.63) is 100 Å². The monoisotopic (exact) mass is 526 g/mol. The van der Waals surface area contributed by atoms with E-state index in [1.165, 1.54) is 6.07 Å². The lowest BCUT2D eigenvalue weighted by molar-refractivity contribution is 0.101. The molecule has 2 aliphatic heterocycles. The summed E-state index contributed by atoms with van der Waals surface area (Å²) in [7, 11) is 0. The van der Waals surface area contributed by atoms with Gasteiger partial charge in [0.2, 0.25) is 0 Å². The fourth-order valence-electron chi connectivity index (χ4n) is 5.49. The molecule has 2 aromatic carbocycles. The maximum Gasteiger partial charge on any atom is 0.261 e. The van der Waals surface area contributed by atoms with Crippen molar-refractivity contribution in [2.45, 2.75) is 19.9 Å². The van der Waals surface area contributed by atoms with Crippen LogP contribution in [0.25, 0.3) is 0 Å². The van der Waals surface area contributed by atoms with E-state index in [1.807, 2.05) is 41.4 Å². The van der Waals surface area contributed by atoms with E-state index in [4.69, 9.17) is 4.52 Å². The molecule has 9 nitrogen and oxygen atoms in total. The quantitative estimate of drug-likeness (QED) is 0.402. The number of hydrogen-bond donors (Lipinski definition) is 2. The number of aryl methyl sites for hydroxylation is 2. The number of amides is 2. The van der Waals surface area contributed by atoms with Crippen molar-refractivity contribution < 1.29 is 18.5 Å². The van der Waals surface area contributed by atoms with Crippen LogP contribution in [0.1, 0.15) is 49.3 Å². The number of halogens is 1. The number of hydrogen-bond acceptors (Lipinski definition) is 7. The highest BCUT2D eigenvalue weighted by molar-refractivity contribution is 6.07. The molecule has 1 unspecified atom stereocenters. The van der Waals surface area contributed by atoms with Crippen LogP contribution in [0, 0.1) is 19.7 Å². The van der Waals surface area contributed by atoms with Crippen molar-refractivity contribution in [1.29, 1.82) is 0 Å². The molecule has 1 fully saturated rings. The van der Waals surface area contributed by atoms with Crippen LogP contribution in [0.5, 0.6) is 0 Å². The fourth-order valence-corrected chi connectivity index (χ4v) is 5.49. The van der Waals surface area contributed by atoms with Crippen molar-refractivity contribution >= 4 is 28.9 Å². The second-order valence-corrected chi connectivity index (χ2v) is 9.75. The lowest BCUT2D eigenvalue weighted by atomic mass is 9.94. The van der Waals surface area contributed by atoms with Gasteiger partial charge < -0.3 is 20.1 Å². The molecule has 0 radical (unpaired) electrons. The molecule has 0 bridgehead atoms. The van der Waals surface area contributed by atoms with Crippen LogP contribution < -0.4 is 15.5 Å². The first-order valence-corrected chi connectivity index (χ1v) is 12.8. The summed E-state index contributed by atoms with van der Waals surface area (Å²) in [6.07, 6.45) is 3.48. The molecule has 2 aliphatic rings. The van der Waals surface area contributed by atoms with Crippen LogP contribution in [-0.4, -0.2) is 53.0 Å². The predicted octanol–water partition coefficient (Wildman–Crippen LogP) is 4.56. The number of rotatable bonds is 4. The minimum atomic E-state index is -0.413. The zero-order valence-electron chi connectivity index (χ0n) is 21.6. The van der Waals surface area contributed by atoms with Gasteiger partial charge in [0.25, 0.3) is 11.8 Å². The molecule has 4 aromatic rings. The SMILES string of the molecule is Cc1noc(C)c1C(=O)Nc1ccc(N2CCN(C3c4cnccc4NC(=O)c4ccccc43)CC2)c(F)c1. The van der Waals surface area contributed by atoms with Gasteiger partial charge in [0.15, 0.2) is 0 Å². The maximum absolute atomic E-state index is 15.2. The van der Waals surface area contributed by atoms with Crippen LogP contribution in [0.15, 0.2) is 65.4 Å². The second kappa shape index (κ2) is 9.95. The Labute approximate surface area is 224 Å². The summed E-state index contributed by atoms with van der Waals surface area (Å²) in [5, 5.41) is 9.55. The minimum Gasteiger partial charge on any atom is -0.367 e. The standard InChI is InChI=1S/C29H27FN6O3/c1-17-26(18(2)39-34-17)29(38)32-19-7-8-25(23(30)15-19)35-11-13-36(14-12-35)27-20-5-3-4-6-21(20)28(37)33-24-9-10-31-16-22(24)27/h3-10,15-16,27H,11-14H2,1-2H3,(H,32,38)(H,33,37). The van der Waals surface area contributed by atoms with E-state index in [9.17, 15) is 9.59 Å². The van der Waals surface area contributed by atoms with Gasteiger partial charge in [-0.3, -0.25) is 19.5 Å². The molecule has 2 N–H and O–H groups in total. The summed E-state index contributed by atoms with van der Waals surface area (Å²) in [5.41, 5.74) is 4.93. The fraction of sp³-hybridized carbons (Fsp3) is 0.241. The Morgan fingerprint density at radius 3 is 2.62 bits per heavy atom. The average Bonchev–Trinajstić information content (AvgIpc) is 3.21. The smallest absolute Gasteiger partial charge is 0.261 e. The number of carbonyl (C=O) groups excluding carboxylic acids is 2. The van der Waals surface area contributed by atoms with Crippen LogP contribution >= 0.6 is 0 Å². The van der Waals surface area contributed by atoms with Crippen molar-refractivity contribution in [3.8, 4) is 0 Å². The van der Waals surface area contributed by atoms with E-state index in [2.05, 4.69) is 25.7 Å². The van der Waals surface area contributed by atoms with Gasteiger partial charge in [-0.15, -0.1) is 0 Å². The molecular weight excluding hydrogens is 499 g/mol.